The molecule has 0 saturated carbocycles. The molecule has 0 aliphatic carbocycles. The van der Waals surface area contributed by atoms with Crippen LogP contribution >= 0.6 is 34.2 Å². The molecule has 3 aromatic rings. The van der Waals surface area contributed by atoms with Gasteiger partial charge in [0.05, 0.1) is 36.0 Å². The van der Waals surface area contributed by atoms with E-state index in [1.54, 1.807) is 60.7 Å². The molecule has 0 aliphatic heterocycles. The molecular formula is C24H19ClIN3O5. The van der Waals surface area contributed by atoms with Crippen molar-refractivity contribution >= 4 is 58.2 Å². The van der Waals surface area contributed by atoms with Crippen molar-refractivity contribution in [1.29, 1.82) is 0 Å². The fraction of sp³-hybridized carbons (Fsp3) is 0.0833. The molecule has 0 saturated heterocycles. The number of carbonyl (C=O) groups excluding carboxylic acids is 3. The normalized spacial score (nSPS) is 10.6. The predicted molar refractivity (Wildman–Crippen MR) is 137 cm³/mol. The number of nitrogens with zero attached hydrogens (tertiary/aromatic N) is 1. The summed E-state index contributed by atoms with van der Waals surface area (Å²) in [5, 5.41) is 6.70. The maximum atomic E-state index is 12.4. The number of benzene rings is 3. The highest BCUT2D eigenvalue weighted by molar-refractivity contribution is 14.1. The van der Waals surface area contributed by atoms with Gasteiger partial charge < -0.3 is 14.8 Å². The highest BCUT2D eigenvalue weighted by Gasteiger charge is 2.15. The third-order valence-electron chi connectivity index (χ3n) is 4.41. The van der Waals surface area contributed by atoms with Gasteiger partial charge in [-0.25, -0.2) is 10.2 Å². The van der Waals surface area contributed by atoms with Crippen LogP contribution in [0.2, 0.25) is 5.02 Å². The van der Waals surface area contributed by atoms with Crippen molar-refractivity contribution in [1.82, 2.24) is 10.7 Å². The average Bonchev–Trinajstić information content (AvgIpc) is 2.83. The van der Waals surface area contributed by atoms with Crippen LogP contribution < -0.4 is 20.2 Å². The van der Waals surface area contributed by atoms with Crippen LogP contribution in [0.1, 0.15) is 26.3 Å². The lowest BCUT2D eigenvalue weighted by Gasteiger charge is -2.10. The standard InChI is InChI=1S/C24H19ClIN3O5/c1-33-21-12-15(10-11-20(21)34-24(32)16-6-2-4-8-18(16)25)13-28-29-22(30)14-27-23(31)17-7-3-5-9-19(17)26/h2-13H,14H2,1H3,(H,27,31)(H,29,30). The lowest BCUT2D eigenvalue weighted by atomic mass is 10.2. The number of amides is 2. The van der Waals surface area contributed by atoms with E-state index in [0.29, 0.717) is 16.9 Å². The zero-order valence-corrected chi connectivity index (χ0v) is 20.8. The highest BCUT2D eigenvalue weighted by atomic mass is 127. The third-order valence-corrected chi connectivity index (χ3v) is 5.69. The van der Waals surface area contributed by atoms with Crippen molar-refractivity contribution in [2.75, 3.05) is 13.7 Å². The molecule has 0 atom stereocenters. The fourth-order valence-electron chi connectivity index (χ4n) is 2.75. The first-order valence-electron chi connectivity index (χ1n) is 9.88. The maximum absolute atomic E-state index is 12.4. The Balaban J connectivity index is 1.56. The predicted octanol–water partition coefficient (Wildman–Crippen LogP) is 4.05. The van der Waals surface area contributed by atoms with Crippen molar-refractivity contribution < 1.29 is 23.9 Å². The van der Waals surface area contributed by atoms with Crippen molar-refractivity contribution in [3.63, 3.8) is 0 Å². The summed E-state index contributed by atoms with van der Waals surface area (Å²) in [7, 11) is 1.43. The topological polar surface area (TPSA) is 106 Å². The van der Waals surface area contributed by atoms with Gasteiger partial charge in [-0.05, 0) is 70.6 Å². The number of hydrogen-bond donors (Lipinski definition) is 2. The van der Waals surface area contributed by atoms with E-state index in [4.69, 9.17) is 21.1 Å². The van der Waals surface area contributed by atoms with Gasteiger partial charge >= 0.3 is 5.97 Å². The molecule has 0 bridgehead atoms. The van der Waals surface area contributed by atoms with E-state index < -0.39 is 11.9 Å². The Labute approximate surface area is 214 Å². The summed E-state index contributed by atoms with van der Waals surface area (Å²) in [6, 6.07) is 18.4. The maximum Gasteiger partial charge on any atom is 0.345 e. The lowest BCUT2D eigenvalue weighted by Crippen LogP contribution is -2.35. The largest absolute Gasteiger partial charge is 0.493 e. The molecule has 174 valence electrons. The van der Waals surface area contributed by atoms with Crippen LogP contribution in [-0.4, -0.2) is 37.7 Å². The second-order valence-corrected chi connectivity index (χ2v) is 8.30. The monoisotopic (exact) mass is 591 g/mol. The molecule has 3 aromatic carbocycles. The molecule has 0 unspecified atom stereocenters. The molecule has 0 fully saturated rings. The van der Waals surface area contributed by atoms with Gasteiger partial charge in [0.25, 0.3) is 11.8 Å². The van der Waals surface area contributed by atoms with E-state index in [9.17, 15) is 14.4 Å². The molecule has 2 amide bonds. The van der Waals surface area contributed by atoms with E-state index in [1.165, 1.54) is 13.3 Å². The second-order valence-electron chi connectivity index (χ2n) is 6.74. The molecule has 0 heterocycles. The minimum absolute atomic E-state index is 0.201. The Kier molecular flexibility index (Phi) is 9.00. The average molecular weight is 592 g/mol. The number of carbonyl (C=O) groups is 3. The number of ether oxygens (including phenoxy) is 2. The van der Waals surface area contributed by atoms with E-state index in [1.807, 2.05) is 6.07 Å². The highest BCUT2D eigenvalue weighted by Crippen LogP contribution is 2.29. The summed E-state index contributed by atoms with van der Waals surface area (Å²) in [6.07, 6.45) is 1.39. The van der Waals surface area contributed by atoms with Gasteiger partial charge in [-0.1, -0.05) is 35.9 Å². The fourth-order valence-corrected chi connectivity index (χ4v) is 3.60. The first-order chi connectivity index (χ1) is 16.4. The molecule has 34 heavy (non-hydrogen) atoms. The number of halogens is 2. The molecule has 0 spiro atoms. The Morgan fingerprint density at radius 3 is 2.41 bits per heavy atom. The zero-order chi connectivity index (χ0) is 24.5. The van der Waals surface area contributed by atoms with Crippen LogP contribution in [-0.2, 0) is 4.79 Å². The zero-order valence-electron chi connectivity index (χ0n) is 17.9. The smallest absolute Gasteiger partial charge is 0.345 e. The Hall–Kier alpha value is -3.44. The van der Waals surface area contributed by atoms with Crippen LogP contribution in [0.5, 0.6) is 11.5 Å². The minimum atomic E-state index is -0.621. The van der Waals surface area contributed by atoms with Gasteiger partial charge in [-0.15, -0.1) is 0 Å². The van der Waals surface area contributed by atoms with Crippen LogP contribution in [0.3, 0.4) is 0 Å². The van der Waals surface area contributed by atoms with Gasteiger partial charge in [-0.2, -0.15) is 5.10 Å². The Morgan fingerprint density at radius 2 is 1.71 bits per heavy atom. The lowest BCUT2D eigenvalue weighted by molar-refractivity contribution is -0.120. The SMILES string of the molecule is COc1cc(C=NNC(=O)CNC(=O)c2ccccc2I)ccc1OC(=O)c1ccccc1Cl. The molecule has 0 radical (unpaired) electrons. The van der Waals surface area contributed by atoms with Crippen molar-refractivity contribution in [2.24, 2.45) is 5.10 Å². The van der Waals surface area contributed by atoms with Crippen LogP contribution in [0.4, 0.5) is 0 Å². The number of nitrogens with one attached hydrogen (secondary N) is 2. The molecule has 2 N–H and O–H groups in total. The Bertz CT molecular complexity index is 1250. The molecule has 0 aliphatic rings. The van der Waals surface area contributed by atoms with E-state index in [2.05, 4.69) is 38.4 Å². The summed E-state index contributed by atoms with van der Waals surface area (Å²) in [6.45, 7) is -0.235. The minimum Gasteiger partial charge on any atom is -0.493 e. The quantitative estimate of drug-likeness (QED) is 0.135. The summed E-state index contributed by atoms with van der Waals surface area (Å²) < 4.78 is 11.5. The van der Waals surface area contributed by atoms with Gasteiger partial charge in [0.1, 0.15) is 0 Å². The number of hydrazone groups is 1. The number of methoxy groups -OCH3 is 1. The van der Waals surface area contributed by atoms with Gasteiger partial charge in [-0.3, -0.25) is 9.59 Å². The van der Waals surface area contributed by atoms with E-state index in [0.717, 1.165) is 3.57 Å². The molecule has 3 rings (SSSR count). The van der Waals surface area contributed by atoms with E-state index >= 15 is 0 Å². The molecule has 0 aromatic heterocycles. The summed E-state index contributed by atoms with van der Waals surface area (Å²) in [5.74, 6) is -0.972. The first kappa shape index (κ1) is 25.2. The summed E-state index contributed by atoms with van der Waals surface area (Å²) in [4.78, 5) is 36.5. The van der Waals surface area contributed by atoms with Crippen LogP contribution in [0, 0.1) is 3.57 Å². The molecular weight excluding hydrogens is 573 g/mol. The summed E-state index contributed by atoms with van der Waals surface area (Å²) in [5.41, 5.74) is 3.64. The van der Waals surface area contributed by atoms with Crippen molar-refractivity contribution in [3.8, 4) is 11.5 Å². The molecule has 8 nitrogen and oxygen atoms in total. The van der Waals surface area contributed by atoms with Crippen LogP contribution in [0.15, 0.2) is 71.8 Å². The first-order valence-corrected chi connectivity index (χ1v) is 11.3. The number of esters is 1. The third kappa shape index (κ3) is 6.78. The second kappa shape index (κ2) is 12.1. The Morgan fingerprint density at radius 1 is 1.00 bits per heavy atom. The molecule has 10 heteroatoms. The van der Waals surface area contributed by atoms with E-state index in [-0.39, 0.29) is 28.8 Å². The van der Waals surface area contributed by atoms with Gasteiger partial charge in [0, 0.05) is 3.57 Å². The van der Waals surface area contributed by atoms with Crippen molar-refractivity contribution in [2.45, 2.75) is 0 Å². The van der Waals surface area contributed by atoms with Gasteiger partial charge in [0.15, 0.2) is 11.5 Å². The van der Waals surface area contributed by atoms with Gasteiger partial charge in [0.2, 0.25) is 0 Å². The number of rotatable bonds is 8. The number of hydrogen-bond acceptors (Lipinski definition) is 6. The van der Waals surface area contributed by atoms with Crippen LogP contribution in [0.25, 0.3) is 0 Å². The van der Waals surface area contributed by atoms with Crippen molar-refractivity contribution in [3.05, 3.63) is 92.0 Å². The summed E-state index contributed by atoms with van der Waals surface area (Å²) >= 11 is 8.09.